The Hall–Kier alpha value is -0.550. The zero-order chi connectivity index (χ0) is 9.40. The Labute approximate surface area is 76.2 Å². The molecule has 0 aromatic rings. The smallest absolute Gasteiger partial charge is 0.0635 e. The molecule has 0 aliphatic carbocycles. The van der Waals surface area contributed by atoms with Gasteiger partial charge in [-0.05, 0) is 13.0 Å². The van der Waals surface area contributed by atoms with E-state index in [1.54, 1.807) is 0 Å². The van der Waals surface area contributed by atoms with E-state index in [2.05, 4.69) is 31.9 Å². The number of hydrogen-bond acceptors (Lipinski definition) is 2. The van der Waals surface area contributed by atoms with Gasteiger partial charge in [0.2, 0.25) is 0 Å². The molecular formula is C10H20N2. The van der Waals surface area contributed by atoms with Crippen molar-refractivity contribution in [2.24, 2.45) is 5.92 Å². The largest absolute Gasteiger partial charge is 0.305 e. The van der Waals surface area contributed by atoms with Gasteiger partial charge in [-0.1, -0.05) is 26.7 Å². The van der Waals surface area contributed by atoms with Crippen molar-refractivity contribution in [1.29, 1.82) is 5.26 Å². The minimum Gasteiger partial charge on any atom is -0.305 e. The van der Waals surface area contributed by atoms with Crippen molar-refractivity contribution in [1.82, 2.24) is 4.90 Å². The molecule has 2 heteroatoms. The zero-order valence-electron chi connectivity index (χ0n) is 8.51. The van der Waals surface area contributed by atoms with Crippen LogP contribution in [0.1, 0.15) is 33.1 Å². The standard InChI is InChI=1S/C10H20N2/c1-4-10(5-2)9-12(3)8-6-7-11/h10H,4-6,8-9H2,1-3H3. The first-order valence-electron chi connectivity index (χ1n) is 4.80. The molecule has 0 aliphatic rings. The van der Waals surface area contributed by atoms with Gasteiger partial charge in [-0.15, -0.1) is 0 Å². The van der Waals surface area contributed by atoms with Gasteiger partial charge >= 0.3 is 0 Å². The van der Waals surface area contributed by atoms with E-state index in [0.717, 1.165) is 19.0 Å². The van der Waals surface area contributed by atoms with Gasteiger partial charge in [0.05, 0.1) is 6.07 Å². The van der Waals surface area contributed by atoms with Crippen LogP contribution >= 0.6 is 0 Å². The topological polar surface area (TPSA) is 27.0 Å². The lowest BCUT2D eigenvalue weighted by Gasteiger charge is -2.20. The van der Waals surface area contributed by atoms with E-state index in [4.69, 9.17) is 5.26 Å². The van der Waals surface area contributed by atoms with E-state index < -0.39 is 0 Å². The van der Waals surface area contributed by atoms with Crippen LogP contribution in [0, 0.1) is 17.2 Å². The molecule has 0 aromatic heterocycles. The zero-order valence-corrected chi connectivity index (χ0v) is 8.51. The highest BCUT2D eigenvalue weighted by molar-refractivity contribution is 4.71. The van der Waals surface area contributed by atoms with Crippen LogP contribution in [0.3, 0.4) is 0 Å². The molecule has 12 heavy (non-hydrogen) atoms. The third-order valence-electron chi connectivity index (χ3n) is 2.33. The molecule has 0 N–H and O–H groups in total. The molecule has 0 atom stereocenters. The Kier molecular flexibility index (Phi) is 6.79. The Bertz CT molecular complexity index is 133. The molecule has 0 heterocycles. The maximum atomic E-state index is 8.39. The van der Waals surface area contributed by atoms with Crippen LogP contribution in [0.15, 0.2) is 0 Å². The molecule has 0 spiro atoms. The van der Waals surface area contributed by atoms with Gasteiger partial charge in [-0.3, -0.25) is 0 Å². The molecule has 0 aromatic carbocycles. The number of hydrogen-bond donors (Lipinski definition) is 0. The molecule has 2 nitrogen and oxygen atoms in total. The van der Waals surface area contributed by atoms with E-state index >= 15 is 0 Å². The van der Waals surface area contributed by atoms with Gasteiger partial charge in [-0.25, -0.2) is 0 Å². The average Bonchev–Trinajstić information content (AvgIpc) is 2.10. The van der Waals surface area contributed by atoms with Crippen molar-refractivity contribution < 1.29 is 0 Å². The fourth-order valence-electron chi connectivity index (χ4n) is 1.32. The molecule has 0 fully saturated rings. The summed E-state index contributed by atoms with van der Waals surface area (Å²) < 4.78 is 0. The van der Waals surface area contributed by atoms with Crippen LogP contribution < -0.4 is 0 Å². The molecule has 0 radical (unpaired) electrons. The minimum atomic E-state index is 0.649. The maximum Gasteiger partial charge on any atom is 0.0635 e. The van der Waals surface area contributed by atoms with Crippen LogP contribution in [0.5, 0.6) is 0 Å². The van der Waals surface area contributed by atoms with Gasteiger partial charge in [0.25, 0.3) is 0 Å². The quantitative estimate of drug-likeness (QED) is 0.608. The average molecular weight is 168 g/mol. The molecule has 0 saturated carbocycles. The molecule has 0 bridgehead atoms. The molecular weight excluding hydrogens is 148 g/mol. The van der Waals surface area contributed by atoms with E-state index in [1.807, 2.05) is 0 Å². The Balaban J connectivity index is 3.52. The van der Waals surface area contributed by atoms with Crippen molar-refractivity contribution in [3.8, 4) is 6.07 Å². The summed E-state index contributed by atoms with van der Waals surface area (Å²) in [6, 6.07) is 2.17. The van der Waals surface area contributed by atoms with Crippen molar-refractivity contribution in [2.45, 2.75) is 33.1 Å². The lowest BCUT2D eigenvalue weighted by Crippen LogP contribution is -2.26. The second kappa shape index (κ2) is 7.12. The molecule has 0 aliphatic heterocycles. The summed E-state index contributed by atoms with van der Waals surface area (Å²) in [5, 5.41) is 8.39. The summed E-state index contributed by atoms with van der Waals surface area (Å²) in [4.78, 5) is 2.25. The van der Waals surface area contributed by atoms with Gasteiger partial charge in [0.1, 0.15) is 0 Å². The first kappa shape index (κ1) is 11.4. The van der Waals surface area contributed by atoms with E-state index in [9.17, 15) is 0 Å². The van der Waals surface area contributed by atoms with Crippen molar-refractivity contribution in [3.05, 3.63) is 0 Å². The summed E-state index contributed by atoms with van der Waals surface area (Å²) in [7, 11) is 2.09. The predicted octanol–water partition coefficient (Wildman–Crippen LogP) is 2.27. The number of nitrogens with zero attached hydrogens (tertiary/aromatic N) is 2. The van der Waals surface area contributed by atoms with Crippen molar-refractivity contribution in [2.75, 3.05) is 20.1 Å². The molecule has 70 valence electrons. The van der Waals surface area contributed by atoms with Gasteiger partial charge in [-0.2, -0.15) is 5.26 Å². The van der Waals surface area contributed by atoms with Gasteiger partial charge < -0.3 is 4.90 Å². The fraction of sp³-hybridized carbons (Fsp3) is 0.900. The van der Waals surface area contributed by atoms with Crippen LogP contribution in [0.4, 0.5) is 0 Å². The Morgan fingerprint density at radius 1 is 1.33 bits per heavy atom. The SMILES string of the molecule is CCC(CC)CN(C)CCC#N. The Morgan fingerprint density at radius 3 is 2.33 bits per heavy atom. The summed E-state index contributed by atoms with van der Waals surface area (Å²) in [6.07, 6.45) is 3.14. The fourth-order valence-corrected chi connectivity index (χ4v) is 1.32. The molecule has 0 rings (SSSR count). The highest BCUT2D eigenvalue weighted by atomic mass is 15.1. The number of nitriles is 1. The second-order valence-corrected chi connectivity index (χ2v) is 3.35. The monoisotopic (exact) mass is 168 g/mol. The molecule has 0 saturated heterocycles. The number of rotatable bonds is 6. The minimum absolute atomic E-state index is 0.649. The Morgan fingerprint density at radius 2 is 1.92 bits per heavy atom. The van der Waals surface area contributed by atoms with E-state index in [1.165, 1.54) is 12.8 Å². The maximum absolute atomic E-state index is 8.39. The third kappa shape index (κ3) is 5.15. The highest BCUT2D eigenvalue weighted by Crippen LogP contribution is 2.08. The predicted molar refractivity (Wildman–Crippen MR) is 51.8 cm³/mol. The normalized spacial score (nSPS) is 10.7. The van der Waals surface area contributed by atoms with Crippen molar-refractivity contribution >= 4 is 0 Å². The van der Waals surface area contributed by atoms with E-state index in [-0.39, 0.29) is 0 Å². The summed E-state index contributed by atoms with van der Waals surface area (Å²) >= 11 is 0. The third-order valence-corrected chi connectivity index (χ3v) is 2.33. The summed E-state index contributed by atoms with van der Waals surface area (Å²) in [5.41, 5.74) is 0. The van der Waals surface area contributed by atoms with Crippen LogP contribution in [-0.4, -0.2) is 25.0 Å². The van der Waals surface area contributed by atoms with Crippen molar-refractivity contribution in [3.63, 3.8) is 0 Å². The first-order valence-corrected chi connectivity index (χ1v) is 4.80. The lowest BCUT2D eigenvalue weighted by molar-refractivity contribution is 0.272. The summed E-state index contributed by atoms with van der Waals surface area (Å²) in [5.74, 6) is 0.800. The molecule has 0 amide bonds. The van der Waals surface area contributed by atoms with E-state index in [0.29, 0.717) is 6.42 Å². The molecule has 0 unspecified atom stereocenters. The van der Waals surface area contributed by atoms with Crippen LogP contribution in [0.25, 0.3) is 0 Å². The van der Waals surface area contributed by atoms with Gasteiger partial charge in [0.15, 0.2) is 0 Å². The second-order valence-electron chi connectivity index (χ2n) is 3.35. The van der Waals surface area contributed by atoms with Crippen LogP contribution in [0.2, 0.25) is 0 Å². The van der Waals surface area contributed by atoms with Crippen LogP contribution in [-0.2, 0) is 0 Å². The highest BCUT2D eigenvalue weighted by Gasteiger charge is 2.06. The first-order chi connectivity index (χ1) is 5.74. The lowest BCUT2D eigenvalue weighted by atomic mass is 10.0. The van der Waals surface area contributed by atoms with Gasteiger partial charge in [0, 0.05) is 19.5 Å². The summed E-state index contributed by atoms with van der Waals surface area (Å²) in [6.45, 7) is 6.50.